The molecule has 1 unspecified atom stereocenters. The van der Waals surface area contributed by atoms with Crippen LogP contribution in [-0.2, 0) is 17.8 Å². The Kier molecular flexibility index (Phi) is 7.82. The number of hydrogen-bond acceptors (Lipinski definition) is 3. The number of carbonyl (C=O) groups excluding carboxylic acids is 1. The van der Waals surface area contributed by atoms with Crippen LogP contribution in [0.5, 0.6) is 5.75 Å². The molecule has 4 aromatic rings. The van der Waals surface area contributed by atoms with E-state index in [1.165, 1.54) is 16.7 Å². The molecular weight excluding hydrogens is 470 g/mol. The number of imidazole rings is 1. The summed E-state index contributed by atoms with van der Waals surface area (Å²) in [5, 5.41) is 0. The number of carbonyl (C=O) groups is 1. The molecule has 0 radical (unpaired) electrons. The summed E-state index contributed by atoms with van der Waals surface area (Å²) in [5.74, 6) is 2.73. The fraction of sp³-hybridized carbons (Fsp3) is 0.394. The molecule has 1 atom stereocenters. The molecular formula is C33H39N3O2. The van der Waals surface area contributed by atoms with E-state index in [1.54, 1.807) is 0 Å². The number of fused-ring (bicyclic) bond motifs is 1. The first-order chi connectivity index (χ1) is 18.5. The molecule has 1 amide bonds. The molecule has 0 N–H and O–H groups in total. The Morgan fingerprint density at radius 3 is 2.63 bits per heavy atom. The van der Waals surface area contributed by atoms with E-state index in [9.17, 15) is 4.79 Å². The average molecular weight is 510 g/mol. The molecule has 0 spiro atoms. The van der Waals surface area contributed by atoms with E-state index in [2.05, 4.69) is 80.8 Å². The van der Waals surface area contributed by atoms with Crippen LogP contribution in [-0.4, -0.2) is 28.6 Å². The summed E-state index contributed by atoms with van der Waals surface area (Å²) >= 11 is 0. The van der Waals surface area contributed by atoms with Crippen molar-refractivity contribution < 1.29 is 9.53 Å². The third-order valence-corrected chi connectivity index (χ3v) is 7.66. The van der Waals surface area contributed by atoms with Crippen molar-refractivity contribution in [2.24, 2.45) is 0 Å². The normalized spacial score (nSPS) is 15.7. The van der Waals surface area contributed by atoms with Gasteiger partial charge in [0.1, 0.15) is 11.6 Å². The Morgan fingerprint density at radius 1 is 1.03 bits per heavy atom. The molecule has 0 aliphatic carbocycles. The van der Waals surface area contributed by atoms with Crippen molar-refractivity contribution in [3.63, 3.8) is 0 Å². The molecule has 1 fully saturated rings. The molecule has 1 saturated heterocycles. The smallest absolute Gasteiger partial charge is 0.227 e. The number of nitrogens with zero attached hydrogens (tertiary/aromatic N) is 3. The SMILES string of the molecule is CCc1ccccc1N1CC(c2nc3ccccc3n2CCCCOc2cc(C)ccc2C(C)C)CC1=O. The second kappa shape index (κ2) is 11.4. The summed E-state index contributed by atoms with van der Waals surface area (Å²) in [6.07, 6.45) is 3.35. The molecule has 5 heteroatoms. The average Bonchev–Trinajstić information content (AvgIpc) is 3.48. The number of anilines is 1. The van der Waals surface area contributed by atoms with Gasteiger partial charge in [0.25, 0.3) is 0 Å². The van der Waals surface area contributed by atoms with Crippen molar-refractivity contribution in [1.82, 2.24) is 9.55 Å². The number of amides is 1. The lowest BCUT2D eigenvalue weighted by Crippen LogP contribution is -2.25. The molecule has 0 bridgehead atoms. The molecule has 0 saturated carbocycles. The van der Waals surface area contributed by atoms with Crippen LogP contribution in [0.4, 0.5) is 5.69 Å². The number of benzene rings is 3. The third-order valence-electron chi connectivity index (χ3n) is 7.66. The van der Waals surface area contributed by atoms with Gasteiger partial charge < -0.3 is 14.2 Å². The highest BCUT2D eigenvalue weighted by Gasteiger charge is 2.35. The first-order valence-corrected chi connectivity index (χ1v) is 14.0. The molecule has 1 aliphatic rings. The van der Waals surface area contributed by atoms with E-state index in [0.29, 0.717) is 25.5 Å². The third kappa shape index (κ3) is 5.33. The monoisotopic (exact) mass is 509 g/mol. The van der Waals surface area contributed by atoms with Crippen LogP contribution in [0.3, 0.4) is 0 Å². The Morgan fingerprint density at radius 2 is 1.82 bits per heavy atom. The van der Waals surface area contributed by atoms with E-state index in [1.807, 2.05) is 23.1 Å². The van der Waals surface area contributed by atoms with Crippen LogP contribution < -0.4 is 9.64 Å². The van der Waals surface area contributed by atoms with Gasteiger partial charge in [0.2, 0.25) is 5.91 Å². The minimum atomic E-state index is 0.0805. The number of rotatable bonds is 10. The van der Waals surface area contributed by atoms with E-state index in [-0.39, 0.29) is 11.8 Å². The van der Waals surface area contributed by atoms with E-state index >= 15 is 0 Å². The summed E-state index contributed by atoms with van der Waals surface area (Å²) in [5.41, 5.74) is 6.88. The van der Waals surface area contributed by atoms with Crippen molar-refractivity contribution >= 4 is 22.6 Å². The lowest BCUT2D eigenvalue weighted by atomic mass is 10.0. The predicted octanol–water partition coefficient (Wildman–Crippen LogP) is 7.41. The van der Waals surface area contributed by atoms with Gasteiger partial charge in [0, 0.05) is 31.1 Å². The van der Waals surface area contributed by atoms with Gasteiger partial charge in [-0.2, -0.15) is 0 Å². The van der Waals surface area contributed by atoms with Crippen molar-refractivity contribution in [1.29, 1.82) is 0 Å². The zero-order chi connectivity index (χ0) is 26.6. The van der Waals surface area contributed by atoms with Gasteiger partial charge >= 0.3 is 0 Å². The van der Waals surface area contributed by atoms with E-state index in [0.717, 1.165) is 54.1 Å². The van der Waals surface area contributed by atoms with Gasteiger partial charge in [0.15, 0.2) is 0 Å². The molecule has 5 nitrogen and oxygen atoms in total. The maximum absolute atomic E-state index is 13.2. The molecule has 5 rings (SSSR count). The lowest BCUT2D eigenvalue weighted by Gasteiger charge is -2.20. The van der Waals surface area contributed by atoms with Gasteiger partial charge in [-0.1, -0.05) is 63.2 Å². The fourth-order valence-corrected chi connectivity index (χ4v) is 5.62. The summed E-state index contributed by atoms with van der Waals surface area (Å²) in [6, 6.07) is 23.1. The van der Waals surface area contributed by atoms with Crippen molar-refractivity contribution in [2.75, 3.05) is 18.1 Å². The first-order valence-electron chi connectivity index (χ1n) is 14.0. The minimum Gasteiger partial charge on any atom is -0.493 e. The molecule has 2 heterocycles. The van der Waals surface area contributed by atoms with Gasteiger partial charge in [0.05, 0.1) is 17.6 Å². The van der Waals surface area contributed by atoms with E-state index < -0.39 is 0 Å². The van der Waals surface area contributed by atoms with Crippen molar-refractivity contribution in [3.8, 4) is 5.75 Å². The maximum Gasteiger partial charge on any atom is 0.227 e. The number of unbranched alkanes of at least 4 members (excludes halogenated alkanes) is 1. The van der Waals surface area contributed by atoms with Crippen LogP contribution in [0.15, 0.2) is 66.7 Å². The molecule has 38 heavy (non-hydrogen) atoms. The van der Waals surface area contributed by atoms with E-state index in [4.69, 9.17) is 9.72 Å². The number of para-hydroxylation sites is 3. The number of aryl methyl sites for hydroxylation is 3. The number of hydrogen-bond donors (Lipinski definition) is 0. The highest BCUT2D eigenvalue weighted by molar-refractivity contribution is 5.97. The Bertz CT molecular complexity index is 1420. The van der Waals surface area contributed by atoms with Crippen LogP contribution in [0.2, 0.25) is 0 Å². The van der Waals surface area contributed by atoms with Gasteiger partial charge in [-0.3, -0.25) is 4.79 Å². The summed E-state index contributed by atoms with van der Waals surface area (Å²) in [6.45, 7) is 10.9. The summed E-state index contributed by atoms with van der Waals surface area (Å²) in [7, 11) is 0. The van der Waals surface area contributed by atoms with Crippen LogP contribution >= 0.6 is 0 Å². The highest BCUT2D eigenvalue weighted by atomic mass is 16.5. The van der Waals surface area contributed by atoms with Crippen LogP contribution in [0.25, 0.3) is 11.0 Å². The number of aromatic nitrogens is 2. The molecule has 3 aromatic carbocycles. The van der Waals surface area contributed by atoms with Gasteiger partial charge in [-0.05, 0) is 73.1 Å². The standard InChI is InChI=1S/C33H39N3O2/c1-5-25-12-6-8-14-29(25)36-22-26(21-32(36)37)33-34-28-13-7-9-15-30(28)35(33)18-10-11-19-38-31-20-24(4)16-17-27(31)23(2)3/h6-9,12-17,20,23,26H,5,10-11,18-19,21-22H2,1-4H3. The Hall–Kier alpha value is -3.60. The second-order valence-electron chi connectivity index (χ2n) is 10.7. The summed E-state index contributed by atoms with van der Waals surface area (Å²) < 4.78 is 8.58. The number of ether oxygens (including phenoxy) is 1. The predicted molar refractivity (Wildman–Crippen MR) is 155 cm³/mol. The Balaban J connectivity index is 1.30. The van der Waals surface area contributed by atoms with Crippen molar-refractivity contribution in [3.05, 3.63) is 89.2 Å². The second-order valence-corrected chi connectivity index (χ2v) is 10.7. The van der Waals surface area contributed by atoms with Crippen LogP contribution in [0.1, 0.15) is 74.4 Å². The zero-order valence-electron chi connectivity index (χ0n) is 23.1. The van der Waals surface area contributed by atoms with Crippen molar-refractivity contribution in [2.45, 2.75) is 71.8 Å². The fourth-order valence-electron chi connectivity index (χ4n) is 5.62. The first kappa shape index (κ1) is 26.0. The topological polar surface area (TPSA) is 47.4 Å². The highest BCUT2D eigenvalue weighted by Crippen LogP contribution is 2.35. The minimum absolute atomic E-state index is 0.0805. The quantitative estimate of drug-likeness (QED) is 0.209. The van der Waals surface area contributed by atoms with Crippen LogP contribution in [0, 0.1) is 6.92 Å². The summed E-state index contributed by atoms with van der Waals surface area (Å²) in [4.78, 5) is 20.2. The molecule has 198 valence electrons. The lowest BCUT2D eigenvalue weighted by molar-refractivity contribution is -0.117. The largest absolute Gasteiger partial charge is 0.493 e. The van der Waals surface area contributed by atoms with Gasteiger partial charge in [-0.25, -0.2) is 4.98 Å². The zero-order valence-corrected chi connectivity index (χ0v) is 23.1. The maximum atomic E-state index is 13.2. The Labute approximate surface area is 226 Å². The molecule has 1 aromatic heterocycles. The van der Waals surface area contributed by atoms with Gasteiger partial charge in [-0.15, -0.1) is 0 Å². The molecule has 1 aliphatic heterocycles.